The van der Waals surface area contributed by atoms with Crippen molar-refractivity contribution in [3.8, 4) is 0 Å². The molecule has 5 nitrogen and oxygen atoms in total. The van der Waals surface area contributed by atoms with Gasteiger partial charge in [-0.3, -0.25) is 0 Å². The second-order valence-electron chi connectivity index (χ2n) is 6.41. The van der Waals surface area contributed by atoms with Crippen molar-refractivity contribution in [1.29, 1.82) is 0 Å². The number of hydrogen-bond acceptors (Lipinski definition) is 5. The molecule has 1 N–H and O–H groups in total. The summed E-state index contributed by atoms with van der Waals surface area (Å²) in [5.74, 6) is 2.79. The lowest BCUT2D eigenvalue weighted by Crippen LogP contribution is -2.19. The number of fused-ring (bicyclic) bond motifs is 1. The van der Waals surface area contributed by atoms with Gasteiger partial charge in [-0.2, -0.15) is 0 Å². The van der Waals surface area contributed by atoms with Crippen molar-refractivity contribution in [3.63, 3.8) is 0 Å². The van der Waals surface area contributed by atoms with Crippen LogP contribution in [0.25, 0.3) is 11.0 Å². The summed E-state index contributed by atoms with van der Waals surface area (Å²) in [7, 11) is 0. The van der Waals surface area contributed by atoms with E-state index in [1.54, 1.807) is 6.33 Å². The first kappa shape index (κ1) is 15.0. The minimum Gasteiger partial charge on any atom is -0.459 e. The van der Waals surface area contributed by atoms with E-state index in [9.17, 15) is 0 Å². The van der Waals surface area contributed by atoms with Crippen molar-refractivity contribution >= 4 is 22.6 Å². The molecule has 0 aliphatic carbocycles. The molecule has 0 saturated carbocycles. The first-order valence-corrected chi connectivity index (χ1v) is 8.54. The first-order valence-electron chi connectivity index (χ1n) is 8.54. The Morgan fingerprint density at radius 3 is 2.75 bits per heavy atom. The zero-order valence-corrected chi connectivity index (χ0v) is 14.1. The number of benzene rings is 1. The number of furan rings is 1. The average molecular weight is 322 g/mol. The Balaban J connectivity index is 1.58. The highest BCUT2D eigenvalue weighted by atomic mass is 16.3. The smallest absolute Gasteiger partial charge is 0.134 e. The van der Waals surface area contributed by atoms with E-state index in [0.717, 1.165) is 36.1 Å². The topological polar surface area (TPSA) is 54.2 Å². The molecule has 124 valence electrons. The largest absolute Gasteiger partial charge is 0.459 e. The number of nitrogens with one attached hydrogen (secondary N) is 1. The van der Waals surface area contributed by atoms with Gasteiger partial charge < -0.3 is 14.6 Å². The van der Waals surface area contributed by atoms with E-state index in [0.29, 0.717) is 0 Å². The standard InChI is InChI=1S/C19H22N4O/c1-13-15-7-3-4-8-16(15)24-19(13)14(2)22-17-11-18(21-12-20-17)23-9-5-6-10-23/h3-4,7-8,11-12,14H,5-6,9-10H2,1-2H3,(H,20,21,22)/t14-/m1/s1. The Hall–Kier alpha value is -2.56. The fraction of sp³-hybridized carbons (Fsp3) is 0.368. The molecule has 3 aromatic rings. The average Bonchev–Trinajstić information content (AvgIpc) is 3.24. The molecule has 1 aliphatic heterocycles. The Labute approximate surface area is 141 Å². The van der Waals surface area contributed by atoms with Crippen LogP contribution >= 0.6 is 0 Å². The molecule has 5 heteroatoms. The maximum atomic E-state index is 6.05. The normalized spacial score (nSPS) is 15.8. The highest BCUT2D eigenvalue weighted by molar-refractivity contribution is 5.82. The monoisotopic (exact) mass is 322 g/mol. The van der Waals surface area contributed by atoms with Crippen LogP contribution in [0.1, 0.15) is 37.1 Å². The van der Waals surface area contributed by atoms with Gasteiger partial charge in [0.05, 0.1) is 6.04 Å². The second-order valence-corrected chi connectivity index (χ2v) is 6.41. The molecule has 1 aromatic carbocycles. The molecule has 4 rings (SSSR count). The number of rotatable bonds is 4. The predicted molar refractivity (Wildman–Crippen MR) is 96.5 cm³/mol. The van der Waals surface area contributed by atoms with Gasteiger partial charge in [0.2, 0.25) is 0 Å². The number of aromatic nitrogens is 2. The van der Waals surface area contributed by atoms with Crippen LogP contribution in [0, 0.1) is 6.92 Å². The third-order valence-electron chi connectivity index (χ3n) is 4.72. The molecule has 0 bridgehead atoms. The summed E-state index contributed by atoms with van der Waals surface area (Å²) in [4.78, 5) is 11.1. The van der Waals surface area contributed by atoms with Gasteiger partial charge >= 0.3 is 0 Å². The van der Waals surface area contributed by atoms with Crippen LogP contribution < -0.4 is 10.2 Å². The van der Waals surface area contributed by atoms with Gasteiger partial charge in [-0.25, -0.2) is 9.97 Å². The summed E-state index contributed by atoms with van der Waals surface area (Å²) in [6.45, 7) is 6.36. The Morgan fingerprint density at radius 2 is 1.96 bits per heavy atom. The minimum absolute atomic E-state index is 0.0405. The summed E-state index contributed by atoms with van der Waals surface area (Å²) < 4.78 is 6.05. The fourth-order valence-electron chi connectivity index (χ4n) is 3.44. The fourth-order valence-corrected chi connectivity index (χ4v) is 3.44. The van der Waals surface area contributed by atoms with Gasteiger partial charge in [-0.15, -0.1) is 0 Å². The zero-order valence-electron chi connectivity index (χ0n) is 14.1. The molecule has 0 spiro atoms. The summed E-state index contributed by atoms with van der Waals surface area (Å²) in [5.41, 5.74) is 2.11. The van der Waals surface area contributed by atoms with Gasteiger partial charge in [-0.05, 0) is 32.8 Å². The third kappa shape index (κ3) is 2.70. The van der Waals surface area contributed by atoms with Crippen LogP contribution in [0.15, 0.2) is 41.1 Å². The molecule has 2 aromatic heterocycles. The molecular formula is C19H22N4O. The minimum atomic E-state index is 0.0405. The molecule has 1 aliphatic rings. The Bertz CT molecular complexity index is 851. The molecule has 24 heavy (non-hydrogen) atoms. The van der Waals surface area contributed by atoms with Gasteiger partial charge in [0, 0.05) is 30.1 Å². The van der Waals surface area contributed by atoms with Crippen molar-refractivity contribution in [1.82, 2.24) is 9.97 Å². The maximum absolute atomic E-state index is 6.05. The molecule has 0 unspecified atom stereocenters. The van der Waals surface area contributed by atoms with Crippen LogP contribution in [-0.2, 0) is 0 Å². The molecule has 1 atom stereocenters. The van der Waals surface area contributed by atoms with Crippen LogP contribution in [0.2, 0.25) is 0 Å². The summed E-state index contributed by atoms with van der Waals surface area (Å²) in [5, 5.41) is 4.62. The van der Waals surface area contributed by atoms with Gasteiger partial charge in [0.15, 0.2) is 0 Å². The number of aryl methyl sites for hydroxylation is 1. The summed E-state index contributed by atoms with van der Waals surface area (Å²) >= 11 is 0. The quantitative estimate of drug-likeness (QED) is 0.776. The number of para-hydroxylation sites is 1. The van der Waals surface area contributed by atoms with Gasteiger partial charge in [-0.1, -0.05) is 18.2 Å². The van der Waals surface area contributed by atoms with Crippen LogP contribution in [-0.4, -0.2) is 23.1 Å². The lowest BCUT2D eigenvalue weighted by molar-refractivity contribution is 0.521. The lowest BCUT2D eigenvalue weighted by atomic mass is 10.1. The van der Waals surface area contributed by atoms with E-state index >= 15 is 0 Å². The third-order valence-corrected chi connectivity index (χ3v) is 4.72. The summed E-state index contributed by atoms with van der Waals surface area (Å²) in [6, 6.07) is 10.2. The van der Waals surface area contributed by atoms with Crippen LogP contribution in [0.4, 0.5) is 11.6 Å². The SMILES string of the molecule is Cc1c([C@@H](C)Nc2cc(N3CCCC3)ncn2)oc2ccccc12. The van der Waals surface area contributed by atoms with E-state index in [2.05, 4.69) is 40.1 Å². The molecule has 3 heterocycles. The Kier molecular flexibility index (Phi) is 3.84. The van der Waals surface area contributed by atoms with Crippen LogP contribution in [0.5, 0.6) is 0 Å². The van der Waals surface area contributed by atoms with E-state index in [1.165, 1.54) is 23.8 Å². The molecule has 1 saturated heterocycles. The zero-order chi connectivity index (χ0) is 16.5. The predicted octanol–water partition coefficient (Wildman–Crippen LogP) is 4.30. The first-order chi connectivity index (χ1) is 11.7. The molecule has 0 radical (unpaired) electrons. The number of nitrogens with zero attached hydrogens (tertiary/aromatic N) is 3. The number of anilines is 2. The van der Waals surface area contributed by atoms with Crippen molar-refractivity contribution in [2.24, 2.45) is 0 Å². The lowest BCUT2D eigenvalue weighted by Gasteiger charge is -2.18. The molecule has 1 fully saturated rings. The van der Waals surface area contributed by atoms with E-state index in [1.807, 2.05) is 24.3 Å². The highest BCUT2D eigenvalue weighted by Crippen LogP contribution is 2.31. The van der Waals surface area contributed by atoms with Crippen molar-refractivity contribution in [3.05, 3.63) is 48.0 Å². The highest BCUT2D eigenvalue weighted by Gasteiger charge is 2.18. The molecule has 0 amide bonds. The maximum Gasteiger partial charge on any atom is 0.134 e. The Morgan fingerprint density at radius 1 is 1.17 bits per heavy atom. The second kappa shape index (κ2) is 6.15. The number of hydrogen-bond donors (Lipinski definition) is 1. The van der Waals surface area contributed by atoms with Crippen LogP contribution in [0.3, 0.4) is 0 Å². The summed E-state index contributed by atoms with van der Waals surface area (Å²) in [6.07, 6.45) is 4.11. The van der Waals surface area contributed by atoms with E-state index in [-0.39, 0.29) is 6.04 Å². The van der Waals surface area contributed by atoms with E-state index < -0.39 is 0 Å². The van der Waals surface area contributed by atoms with Crippen molar-refractivity contribution in [2.45, 2.75) is 32.7 Å². The van der Waals surface area contributed by atoms with Crippen molar-refractivity contribution < 1.29 is 4.42 Å². The van der Waals surface area contributed by atoms with E-state index in [4.69, 9.17) is 4.42 Å². The van der Waals surface area contributed by atoms with Gasteiger partial charge in [0.1, 0.15) is 29.3 Å². The molecular weight excluding hydrogens is 300 g/mol. The van der Waals surface area contributed by atoms with Gasteiger partial charge in [0.25, 0.3) is 0 Å². The van der Waals surface area contributed by atoms with Crippen molar-refractivity contribution in [2.75, 3.05) is 23.3 Å².